The molecule has 0 atom stereocenters. The molecule has 0 radical (unpaired) electrons. The molecular formula is C12H18N2S. The van der Waals surface area contributed by atoms with Gasteiger partial charge in [-0.25, -0.2) is 0 Å². The highest BCUT2D eigenvalue weighted by Crippen LogP contribution is 2.00. The Hall–Kier alpha value is -0.960. The fourth-order valence-corrected chi connectivity index (χ4v) is 1.60. The van der Waals surface area contributed by atoms with Crippen LogP contribution in [0.3, 0.4) is 0 Å². The van der Waals surface area contributed by atoms with Crippen molar-refractivity contribution >= 4 is 17.2 Å². The summed E-state index contributed by atoms with van der Waals surface area (Å²) in [6, 6.07) is 3.86. The molecule has 0 saturated heterocycles. The molecule has 15 heavy (non-hydrogen) atoms. The SMILES string of the molecule is CCCCCCNC(=S)c1ccncc1. The largest absolute Gasteiger partial charge is 0.376 e. The van der Waals surface area contributed by atoms with E-state index < -0.39 is 0 Å². The van der Waals surface area contributed by atoms with Crippen molar-refractivity contribution in [1.82, 2.24) is 10.3 Å². The van der Waals surface area contributed by atoms with E-state index in [-0.39, 0.29) is 0 Å². The van der Waals surface area contributed by atoms with E-state index in [1.807, 2.05) is 12.1 Å². The first kappa shape index (κ1) is 12.1. The van der Waals surface area contributed by atoms with Gasteiger partial charge in [-0.2, -0.15) is 0 Å². The normalized spacial score (nSPS) is 9.93. The number of thiocarbonyl (C=S) groups is 1. The van der Waals surface area contributed by atoms with Crippen LogP contribution in [0.5, 0.6) is 0 Å². The van der Waals surface area contributed by atoms with E-state index in [0.29, 0.717) is 0 Å². The van der Waals surface area contributed by atoms with Crippen LogP contribution in [0.4, 0.5) is 0 Å². The van der Waals surface area contributed by atoms with Gasteiger partial charge in [-0.1, -0.05) is 38.4 Å². The molecule has 1 heterocycles. The van der Waals surface area contributed by atoms with Crippen molar-refractivity contribution in [2.75, 3.05) is 6.54 Å². The molecular weight excluding hydrogens is 204 g/mol. The zero-order chi connectivity index (χ0) is 10.9. The van der Waals surface area contributed by atoms with Crippen LogP contribution in [0.15, 0.2) is 24.5 Å². The standard InChI is InChI=1S/C12H18N2S/c1-2-3-4-5-8-14-12(15)11-6-9-13-10-7-11/h6-7,9-10H,2-5,8H2,1H3,(H,14,15). The fraction of sp³-hybridized carbons (Fsp3) is 0.500. The lowest BCUT2D eigenvalue weighted by Gasteiger charge is -2.07. The van der Waals surface area contributed by atoms with Crippen molar-refractivity contribution in [1.29, 1.82) is 0 Å². The first-order valence-electron chi connectivity index (χ1n) is 5.53. The number of unbranched alkanes of at least 4 members (excludes halogenated alkanes) is 3. The minimum atomic E-state index is 0.828. The van der Waals surface area contributed by atoms with Crippen molar-refractivity contribution in [2.24, 2.45) is 0 Å². The first-order chi connectivity index (χ1) is 7.34. The summed E-state index contributed by atoms with van der Waals surface area (Å²) < 4.78 is 0. The second-order valence-corrected chi connectivity index (χ2v) is 3.96. The van der Waals surface area contributed by atoms with Crippen molar-refractivity contribution in [3.8, 4) is 0 Å². The summed E-state index contributed by atoms with van der Waals surface area (Å²) >= 11 is 5.26. The van der Waals surface area contributed by atoms with Gasteiger partial charge >= 0.3 is 0 Å². The van der Waals surface area contributed by atoms with Gasteiger partial charge in [0.15, 0.2) is 0 Å². The molecule has 1 aromatic heterocycles. The smallest absolute Gasteiger partial charge is 0.106 e. The highest BCUT2D eigenvalue weighted by molar-refractivity contribution is 7.80. The lowest BCUT2D eigenvalue weighted by atomic mass is 10.2. The average Bonchev–Trinajstić information content (AvgIpc) is 2.30. The molecule has 1 aromatic rings. The van der Waals surface area contributed by atoms with Crippen LogP contribution in [-0.2, 0) is 0 Å². The van der Waals surface area contributed by atoms with Gasteiger partial charge in [0.05, 0.1) is 0 Å². The van der Waals surface area contributed by atoms with Crippen LogP contribution in [0.25, 0.3) is 0 Å². The molecule has 0 saturated carbocycles. The first-order valence-corrected chi connectivity index (χ1v) is 5.93. The number of hydrogen-bond donors (Lipinski definition) is 1. The summed E-state index contributed by atoms with van der Waals surface area (Å²) in [5.41, 5.74) is 1.05. The molecule has 0 bridgehead atoms. The molecule has 0 amide bonds. The molecule has 3 heteroatoms. The third-order valence-electron chi connectivity index (χ3n) is 2.26. The maximum absolute atomic E-state index is 5.26. The van der Waals surface area contributed by atoms with Gasteiger partial charge in [0, 0.05) is 24.5 Å². The Labute approximate surface area is 97.1 Å². The van der Waals surface area contributed by atoms with E-state index in [0.717, 1.165) is 17.1 Å². The summed E-state index contributed by atoms with van der Waals surface area (Å²) in [5.74, 6) is 0. The van der Waals surface area contributed by atoms with E-state index >= 15 is 0 Å². The van der Waals surface area contributed by atoms with Gasteiger partial charge in [0.25, 0.3) is 0 Å². The number of rotatable bonds is 6. The molecule has 0 aliphatic carbocycles. The number of aromatic nitrogens is 1. The van der Waals surface area contributed by atoms with Gasteiger partial charge in [-0.3, -0.25) is 4.98 Å². The molecule has 2 nitrogen and oxygen atoms in total. The van der Waals surface area contributed by atoms with E-state index in [4.69, 9.17) is 12.2 Å². The molecule has 82 valence electrons. The average molecular weight is 222 g/mol. The summed E-state index contributed by atoms with van der Waals surface area (Å²) in [4.78, 5) is 4.79. The van der Waals surface area contributed by atoms with E-state index in [1.54, 1.807) is 12.4 Å². The molecule has 0 aromatic carbocycles. The summed E-state index contributed by atoms with van der Waals surface area (Å²) in [7, 11) is 0. The molecule has 0 aliphatic rings. The van der Waals surface area contributed by atoms with Gasteiger partial charge in [-0.15, -0.1) is 0 Å². The topological polar surface area (TPSA) is 24.9 Å². The summed E-state index contributed by atoms with van der Waals surface area (Å²) in [6.07, 6.45) is 8.58. The molecule has 1 N–H and O–H groups in total. The highest BCUT2D eigenvalue weighted by Gasteiger charge is 1.98. The lowest BCUT2D eigenvalue weighted by molar-refractivity contribution is 0.656. The Morgan fingerprint density at radius 3 is 2.67 bits per heavy atom. The van der Waals surface area contributed by atoms with Crippen molar-refractivity contribution < 1.29 is 0 Å². The summed E-state index contributed by atoms with van der Waals surface area (Å²) in [6.45, 7) is 3.19. The highest BCUT2D eigenvalue weighted by atomic mass is 32.1. The van der Waals surface area contributed by atoms with Gasteiger partial charge < -0.3 is 5.32 Å². The van der Waals surface area contributed by atoms with E-state index in [9.17, 15) is 0 Å². The maximum atomic E-state index is 5.26. The third-order valence-corrected chi connectivity index (χ3v) is 2.64. The second-order valence-electron chi connectivity index (χ2n) is 3.55. The zero-order valence-corrected chi connectivity index (χ0v) is 10.0. The predicted molar refractivity (Wildman–Crippen MR) is 68.1 cm³/mol. The predicted octanol–water partition coefficient (Wildman–Crippen LogP) is 2.93. The van der Waals surface area contributed by atoms with Crippen LogP contribution < -0.4 is 5.32 Å². The van der Waals surface area contributed by atoms with Crippen LogP contribution in [0.2, 0.25) is 0 Å². The fourth-order valence-electron chi connectivity index (χ4n) is 1.36. The Bertz CT molecular complexity index is 285. The van der Waals surface area contributed by atoms with Crippen LogP contribution in [0.1, 0.15) is 38.2 Å². The molecule has 0 spiro atoms. The Balaban J connectivity index is 2.20. The lowest BCUT2D eigenvalue weighted by Crippen LogP contribution is -2.23. The van der Waals surface area contributed by atoms with E-state index in [1.165, 1.54) is 25.7 Å². The van der Waals surface area contributed by atoms with Crippen LogP contribution in [0, 0.1) is 0 Å². The number of hydrogen-bond acceptors (Lipinski definition) is 2. The van der Waals surface area contributed by atoms with Gasteiger partial charge in [-0.05, 0) is 18.6 Å². The Morgan fingerprint density at radius 1 is 1.27 bits per heavy atom. The summed E-state index contributed by atoms with van der Waals surface area (Å²) in [5, 5.41) is 3.26. The molecule has 0 unspecified atom stereocenters. The third kappa shape index (κ3) is 4.88. The second kappa shape index (κ2) is 7.35. The van der Waals surface area contributed by atoms with Gasteiger partial charge in [0.1, 0.15) is 4.99 Å². The number of nitrogens with one attached hydrogen (secondary N) is 1. The number of pyridine rings is 1. The quantitative estimate of drug-likeness (QED) is 0.592. The molecule has 0 fully saturated rings. The minimum Gasteiger partial charge on any atom is -0.376 e. The van der Waals surface area contributed by atoms with E-state index in [2.05, 4.69) is 17.2 Å². The maximum Gasteiger partial charge on any atom is 0.106 e. The zero-order valence-electron chi connectivity index (χ0n) is 9.20. The van der Waals surface area contributed by atoms with Crippen LogP contribution in [-0.4, -0.2) is 16.5 Å². The van der Waals surface area contributed by atoms with Crippen molar-refractivity contribution in [3.63, 3.8) is 0 Å². The van der Waals surface area contributed by atoms with Gasteiger partial charge in [0.2, 0.25) is 0 Å². The van der Waals surface area contributed by atoms with Crippen molar-refractivity contribution in [3.05, 3.63) is 30.1 Å². The van der Waals surface area contributed by atoms with Crippen molar-refractivity contribution in [2.45, 2.75) is 32.6 Å². The number of nitrogens with zero attached hydrogens (tertiary/aromatic N) is 1. The Kier molecular flexibility index (Phi) is 5.93. The van der Waals surface area contributed by atoms with Crippen LogP contribution >= 0.6 is 12.2 Å². The molecule has 1 rings (SSSR count). The Morgan fingerprint density at radius 2 is 2.00 bits per heavy atom. The minimum absolute atomic E-state index is 0.828. The molecule has 0 aliphatic heterocycles. The monoisotopic (exact) mass is 222 g/mol.